The highest BCUT2D eigenvalue weighted by atomic mass is 32.2. The third-order valence-electron chi connectivity index (χ3n) is 4.56. The van der Waals surface area contributed by atoms with E-state index in [4.69, 9.17) is 10.4 Å². The number of nitrogens with zero attached hydrogens (tertiary/aromatic N) is 4. The van der Waals surface area contributed by atoms with E-state index in [0.29, 0.717) is 38.1 Å². The molecule has 0 aliphatic heterocycles. The van der Waals surface area contributed by atoms with E-state index in [1.807, 2.05) is 13.8 Å². The molecule has 0 bridgehead atoms. The van der Waals surface area contributed by atoms with Crippen LogP contribution in [0.15, 0.2) is 23.0 Å². The van der Waals surface area contributed by atoms with Crippen molar-refractivity contribution in [3.05, 3.63) is 35.4 Å². The van der Waals surface area contributed by atoms with Crippen molar-refractivity contribution in [2.45, 2.75) is 31.8 Å². The summed E-state index contributed by atoms with van der Waals surface area (Å²) in [7, 11) is 0. The van der Waals surface area contributed by atoms with Crippen LogP contribution < -0.4 is 21.3 Å². The first-order chi connectivity index (χ1) is 16.1. The van der Waals surface area contributed by atoms with Crippen molar-refractivity contribution in [1.29, 1.82) is 0 Å². The molecule has 2 heterocycles. The Bertz CT molecular complexity index is 787. The lowest BCUT2D eigenvalue weighted by molar-refractivity contribution is 0.313. The maximum Gasteiger partial charge on any atom is 0.233 e. The molecule has 0 saturated heterocycles. The topological polar surface area (TPSA) is 171 Å². The van der Waals surface area contributed by atoms with E-state index in [-0.39, 0.29) is 0 Å². The molecule has 0 aliphatic carbocycles. The van der Waals surface area contributed by atoms with Gasteiger partial charge in [-0.1, -0.05) is 10.3 Å². The number of rotatable bonds is 14. The van der Waals surface area contributed by atoms with E-state index in [2.05, 4.69) is 51.5 Å². The van der Waals surface area contributed by atoms with Crippen molar-refractivity contribution in [3.63, 3.8) is 0 Å². The summed E-state index contributed by atoms with van der Waals surface area (Å²) in [4.78, 5) is 14.7. The van der Waals surface area contributed by atoms with E-state index < -0.39 is 0 Å². The zero-order valence-corrected chi connectivity index (χ0v) is 20.7. The molecule has 0 spiro atoms. The first-order valence-corrected chi connectivity index (χ1v) is 13.0. The maximum atomic E-state index is 9.12. The van der Waals surface area contributed by atoms with Crippen LogP contribution in [-0.4, -0.2) is 80.0 Å². The van der Waals surface area contributed by atoms with Gasteiger partial charge in [0.25, 0.3) is 0 Å². The van der Waals surface area contributed by atoms with Crippen LogP contribution in [0.4, 0.5) is 0 Å². The Morgan fingerprint density at radius 2 is 1.21 bits per heavy atom. The summed E-state index contributed by atoms with van der Waals surface area (Å²) in [5, 5.41) is 36.9. The van der Waals surface area contributed by atoms with Gasteiger partial charge in [0.1, 0.15) is 0 Å². The van der Waals surface area contributed by atoms with Crippen LogP contribution in [0.25, 0.3) is 0 Å². The molecule has 33 heavy (non-hydrogen) atoms. The number of thioether (sulfide) groups is 2. The number of nitrogens with one attached hydrogen (secondary N) is 6. The van der Waals surface area contributed by atoms with Gasteiger partial charge in [0.05, 0.1) is 24.0 Å². The molecule has 14 heteroatoms. The summed E-state index contributed by atoms with van der Waals surface area (Å²) in [5.74, 6) is 4.07. The third kappa shape index (κ3) is 10.6. The molecule has 0 aliphatic rings. The Hall–Kier alpha value is -2.74. The Morgan fingerprint density at radius 3 is 1.58 bits per heavy atom. The highest BCUT2D eigenvalue weighted by Gasteiger charge is 2.04. The average molecular weight is 499 g/mol. The lowest BCUT2D eigenvalue weighted by Crippen LogP contribution is -2.41. The Morgan fingerprint density at radius 1 is 0.788 bits per heavy atom. The zero-order valence-electron chi connectivity index (χ0n) is 19.0. The fraction of sp³-hybridized carbons (Fsp3) is 0.579. The van der Waals surface area contributed by atoms with Crippen LogP contribution in [0.1, 0.15) is 29.2 Å². The number of hydrogen-bond donors (Lipinski definition) is 8. The number of aryl methyl sites for hydroxylation is 2. The largest absolute Gasteiger partial charge is 0.408 e. The Labute approximate surface area is 202 Å². The minimum atomic E-state index is 0.338. The van der Waals surface area contributed by atoms with Gasteiger partial charge in [-0.2, -0.15) is 23.5 Å². The lowest BCUT2D eigenvalue weighted by atomic mass is 10.4. The van der Waals surface area contributed by atoms with E-state index in [1.165, 1.54) is 0 Å². The molecule has 0 aromatic carbocycles. The quantitative estimate of drug-likeness (QED) is 0.0621. The van der Waals surface area contributed by atoms with Crippen LogP contribution >= 0.6 is 23.5 Å². The van der Waals surface area contributed by atoms with Crippen molar-refractivity contribution in [2.75, 3.05) is 37.7 Å². The van der Waals surface area contributed by atoms with E-state index in [0.717, 1.165) is 52.2 Å². The van der Waals surface area contributed by atoms with Crippen LogP contribution in [0.2, 0.25) is 0 Å². The number of H-pyrrole nitrogens is 2. The molecule has 0 saturated carbocycles. The Kier molecular flexibility index (Phi) is 12.8. The van der Waals surface area contributed by atoms with Crippen LogP contribution in [-0.2, 0) is 11.5 Å². The fourth-order valence-electron chi connectivity index (χ4n) is 2.65. The molecule has 0 atom stereocenters. The predicted molar refractivity (Wildman–Crippen MR) is 134 cm³/mol. The second-order valence-electron chi connectivity index (χ2n) is 7.01. The lowest BCUT2D eigenvalue weighted by Gasteiger charge is -2.12. The number of oxime groups is 2. The fourth-order valence-corrected chi connectivity index (χ4v) is 4.40. The predicted octanol–water partition coefficient (Wildman–Crippen LogP) is 1.16. The van der Waals surface area contributed by atoms with Gasteiger partial charge in [-0.05, 0) is 20.3 Å². The number of aromatic nitrogens is 4. The molecule has 0 unspecified atom stereocenters. The first kappa shape index (κ1) is 26.5. The molecule has 2 aromatic rings. The van der Waals surface area contributed by atoms with E-state index >= 15 is 0 Å². The number of hydrogen-bond acceptors (Lipinski definition) is 8. The van der Waals surface area contributed by atoms with Crippen LogP contribution in [0.3, 0.4) is 0 Å². The standard InChI is InChI=1S/C19H34N10O2S2/c1-14-16(26-12-24-14)10-32-8-6-22-18(28-30)20-4-3-5-21-19(29-31)23-7-9-33-11-17-15(2)25-13-27-17/h12-13,30-31H,3-11H2,1-2H3,(H,24,26)(H,25,27)(H2,20,22,28)(H2,21,23,29). The van der Waals surface area contributed by atoms with Gasteiger partial charge in [0, 0.05) is 60.6 Å². The highest BCUT2D eigenvalue weighted by molar-refractivity contribution is 7.98. The summed E-state index contributed by atoms with van der Waals surface area (Å²) in [6, 6.07) is 0. The first-order valence-electron chi connectivity index (χ1n) is 10.7. The SMILES string of the molecule is Cc1[nH]cnc1CSCCNC(=NO)NCCCNC(=NO)NCCSCc1nc[nH]c1C. The van der Waals surface area contributed by atoms with Gasteiger partial charge >= 0.3 is 0 Å². The van der Waals surface area contributed by atoms with Crippen molar-refractivity contribution < 1.29 is 10.4 Å². The van der Waals surface area contributed by atoms with Crippen molar-refractivity contribution in [1.82, 2.24) is 41.2 Å². The van der Waals surface area contributed by atoms with Gasteiger partial charge < -0.3 is 41.6 Å². The molecule has 184 valence electrons. The minimum absolute atomic E-state index is 0.338. The molecule has 12 nitrogen and oxygen atoms in total. The average Bonchev–Trinajstić information content (AvgIpc) is 3.42. The van der Waals surface area contributed by atoms with Crippen molar-refractivity contribution >= 4 is 35.4 Å². The highest BCUT2D eigenvalue weighted by Crippen LogP contribution is 2.12. The van der Waals surface area contributed by atoms with Gasteiger partial charge in [0.15, 0.2) is 0 Å². The second kappa shape index (κ2) is 16.0. The van der Waals surface area contributed by atoms with Gasteiger partial charge in [-0.25, -0.2) is 9.97 Å². The molecule has 0 amide bonds. The normalized spacial score (nSPS) is 12.1. The summed E-state index contributed by atoms with van der Waals surface area (Å²) < 4.78 is 0. The Balaban J connectivity index is 1.45. The number of aromatic amines is 2. The minimum Gasteiger partial charge on any atom is -0.408 e. The number of guanidine groups is 2. The smallest absolute Gasteiger partial charge is 0.233 e. The molecular weight excluding hydrogens is 464 g/mol. The molecular formula is C19H34N10O2S2. The van der Waals surface area contributed by atoms with Crippen molar-refractivity contribution in [2.24, 2.45) is 10.3 Å². The molecule has 2 rings (SSSR count). The van der Waals surface area contributed by atoms with E-state index in [9.17, 15) is 0 Å². The summed E-state index contributed by atoms with van der Waals surface area (Å²) in [6.07, 6.45) is 4.14. The van der Waals surface area contributed by atoms with Gasteiger partial charge in [-0.15, -0.1) is 0 Å². The van der Waals surface area contributed by atoms with Crippen molar-refractivity contribution in [3.8, 4) is 0 Å². The zero-order chi connectivity index (χ0) is 23.7. The van der Waals surface area contributed by atoms with Gasteiger partial charge in [0.2, 0.25) is 11.9 Å². The van der Waals surface area contributed by atoms with E-state index in [1.54, 1.807) is 36.2 Å². The third-order valence-corrected chi connectivity index (χ3v) is 6.50. The monoisotopic (exact) mass is 498 g/mol. The molecule has 2 aromatic heterocycles. The van der Waals surface area contributed by atoms with Gasteiger partial charge in [-0.3, -0.25) is 0 Å². The summed E-state index contributed by atoms with van der Waals surface area (Å²) >= 11 is 3.51. The number of imidazole rings is 2. The summed E-state index contributed by atoms with van der Waals surface area (Å²) in [6.45, 7) is 6.54. The second-order valence-corrected chi connectivity index (χ2v) is 9.22. The molecule has 0 radical (unpaired) electrons. The maximum absolute atomic E-state index is 9.12. The van der Waals surface area contributed by atoms with Crippen LogP contribution in [0.5, 0.6) is 0 Å². The molecule has 0 fully saturated rings. The van der Waals surface area contributed by atoms with Crippen LogP contribution in [0, 0.1) is 13.8 Å². The molecule has 8 N–H and O–H groups in total. The summed E-state index contributed by atoms with van der Waals surface area (Å²) in [5.41, 5.74) is 4.30.